The number of carboxylic acids is 1. The highest BCUT2D eigenvalue weighted by molar-refractivity contribution is 5.63. The molecule has 0 spiro atoms. The number of aliphatic hydroxyl groups is 1. The average Bonchev–Trinajstić information content (AvgIpc) is 1.94. The van der Waals surface area contributed by atoms with Crippen molar-refractivity contribution in [3.63, 3.8) is 0 Å². The van der Waals surface area contributed by atoms with E-state index >= 15 is 0 Å². The van der Waals surface area contributed by atoms with Gasteiger partial charge in [0.15, 0.2) is 0 Å². The van der Waals surface area contributed by atoms with E-state index in [1.165, 1.54) is 0 Å². The topological polar surface area (TPSA) is 60.4 Å². The smallest absolute Gasteiger partial charge is 0.0675 e. The molecule has 0 amide bonds. The molecular weight excluding hydrogens is 182 g/mol. The summed E-state index contributed by atoms with van der Waals surface area (Å²) in [6.07, 6.45) is 2.18. The molecule has 0 aromatic heterocycles. The minimum absolute atomic E-state index is 0.111. The summed E-state index contributed by atoms with van der Waals surface area (Å²) in [5.41, 5.74) is 0. The van der Waals surface area contributed by atoms with E-state index in [0.29, 0.717) is 12.8 Å². The maximum absolute atomic E-state index is 9.79. The third-order valence-corrected chi connectivity index (χ3v) is 1.04. The second-order valence-electron chi connectivity index (χ2n) is 4.59. The van der Waals surface area contributed by atoms with Gasteiger partial charge in [-0.2, -0.15) is 0 Å². The SMILES string of the molecule is C[N+](C)(C)C.O=C([O-])CCCCCO. The van der Waals surface area contributed by atoms with E-state index in [-0.39, 0.29) is 13.0 Å². The van der Waals surface area contributed by atoms with Gasteiger partial charge in [-0.05, 0) is 19.3 Å². The zero-order chi connectivity index (χ0) is 11.6. The van der Waals surface area contributed by atoms with Crippen LogP contribution in [0.1, 0.15) is 25.7 Å². The Bertz CT molecular complexity index is 135. The molecule has 0 aliphatic carbocycles. The Labute approximate surface area is 86.7 Å². The Morgan fingerprint density at radius 2 is 1.57 bits per heavy atom. The molecule has 0 aromatic carbocycles. The maximum atomic E-state index is 9.79. The van der Waals surface area contributed by atoms with Crippen LogP contribution in [0.15, 0.2) is 0 Å². The Morgan fingerprint density at radius 3 is 1.86 bits per heavy atom. The standard InChI is InChI=1S/C6H12O3.C4H12N/c7-5-3-1-2-4-6(8)9;1-5(2,3)4/h7H,1-5H2,(H,8,9);1-4H3/q;+1/p-1. The number of aliphatic hydroxyl groups excluding tert-OH is 1. The minimum Gasteiger partial charge on any atom is -0.550 e. The summed E-state index contributed by atoms with van der Waals surface area (Å²) >= 11 is 0. The lowest BCUT2D eigenvalue weighted by Crippen LogP contribution is -2.27. The molecule has 0 fully saturated rings. The highest BCUT2D eigenvalue weighted by Crippen LogP contribution is 1.96. The zero-order valence-corrected chi connectivity index (χ0v) is 9.75. The lowest BCUT2D eigenvalue weighted by molar-refractivity contribution is -0.849. The van der Waals surface area contributed by atoms with Crippen LogP contribution in [0.2, 0.25) is 0 Å². The van der Waals surface area contributed by atoms with Crippen LogP contribution >= 0.6 is 0 Å². The Kier molecular flexibility index (Phi) is 10.1. The summed E-state index contributed by atoms with van der Waals surface area (Å²) in [5, 5.41) is 18.1. The molecule has 0 aliphatic heterocycles. The Morgan fingerprint density at radius 1 is 1.14 bits per heavy atom. The van der Waals surface area contributed by atoms with E-state index < -0.39 is 5.97 Å². The predicted octanol–water partition coefficient (Wildman–Crippen LogP) is -0.389. The van der Waals surface area contributed by atoms with E-state index in [9.17, 15) is 9.90 Å². The van der Waals surface area contributed by atoms with E-state index in [1.807, 2.05) is 0 Å². The fourth-order valence-electron chi connectivity index (χ4n) is 0.558. The molecule has 0 saturated carbocycles. The van der Waals surface area contributed by atoms with Gasteiger partial charge in [-0.1, -0.05) is 6.42 Å². The van der Waals surface area contributed by atoms with Gasteiger partial charge in [-0.3, -0.25) is 0 Å². The third kappa shape index (κ3) is 42.3. The lowest BCUT2D eigenvalue weighted by Gasteiger charge is -2.14. The van der Waals surface area contributed by atoms with Crippen molar-refractivity contribution >= 4 is 5.97 Å². The van der Waals surface area contributed by atoms with E-state index in [0.717, 1.165) is 10.9 Å². The molecule has 0 atom stereocenters. The molecule has 0 radical (unpaired) electrons. The van der Waals surface area contributed by atoms with Gasteiger partial charge in [0.1, 0.15) is 0 Å². The first kappa shape index (κ1) is 15.8. The van der Waals surface area contributed by atoms with Gasteiger partial charge in [0, 0.05) is 12.6 Å². The second-order valence-corrected chi connectivity index (χ2v) is 4.59. The third-order valence-electron chi connectivity index (χ3n) is 1.04. The molecule has 0 rings (SSSR count). The van der Waals surface area contributed by atoms with Crippen LogP contribution in [-0.2, 0) is 4.79 Å². The van der Waals surface area contributed by atoms with Crippen molar-refractivity contribution in [1.29, 1.82) is 0 Å². The molecule has 0 heterocycles. The fraction of sp³-hybridized carbons (Fsp3) is 0.900. The summed E-state index contributed by atoms with van der Waals surface area (Å²) in [5.74, 6) is -1.01. The number of aliphatic carboxylic acids is 1. The highest BCUT2D eigenvalue weighted by Gasteiger charge is 1.88. The average molecular weight is 205 g/mol. The van der Waals surface area contributed by atoms with Crippen LogP contribution in [-0.4, -0.2) is 50.4 Å². The van der Waals surface area contributed by atoms with Crippen molar-refractivity contribution in [3.05, 3.63) is 0 Å². The molecule has 0 unspecified atom stereocenters. The zero-order valence-electron chi connectivity index (χ0n) is 9.75. The molecule has 0 bridgehead atoms. The number of hydrogen-bond acceptors (Lipinski definition) is 3. The van der Waals surface area contributed by atoms with E-state index in [1.54, 1.807) is 0 Å². The number of carboxylic acid groups (broad SMARTS) is 1. The van der Waals surface area contributed by atoms with Gasteiger partial charge in [0.05, 0.1) is 28.2 Å². The Balaban J connectivity index is 0. The van der Waals surface area contributed by atoms with Crippen molar-refractivity contribution in [3.8, 4) is 0 Å². The highest BCUT2D eigenvalue weighted by atomic mass is 16.4. The number of rotatable bonds is 5. The minimum atomic E-state index is -1.01. The summed E-state index contributed by atoms with van der Waals surface area (Å²) < 4.78 is 1.00. The van der Waals surface area contributed by atoms with Gasteiger partial charge >= 0.3 is 0 Å². The first-order chi connectivity index (χ1) is 6.27. The van der Waals surface area contributed by atoms with Crippen molar-refractivity contribution in [2.24, 2.45) is 0 Å². The van der Waals surface area contributed by atoms with E-state index in [4.69, 9.17) is 5.11 Å². The number of quaternary nitrogens is 1. The summed E-state index contributed by atoms with van der Waals surface area (Å²) in [7, 11) is 8.50. The van der Waals surface area contributed by atoms with Crippen molar-refractivity contribution in [2.75, 3.05) is 34.8 Å². The number of nitrogens with zero attached hydrogens (tertiary/aromatic N) is 1. The van der Waals surface area contributed by atoms with Gasteiger partial charge in [0.2, 0.25) is 0 Å². The van der Waals surface area contributed by atoms with Gasteiger partial charge in [-0.25, -0.2) is 0 Å². The molecule has 4 heteroatoms. The molecule has 86 valence electrons. The van der Waals surface area contributed by atoms with Gasteiger partial charge in [0.25, 0.3) is 0 Å². The number of carbonyl (C=O) groups excluding carboxylic acids is 1. The first-order valence-corrected chi connectivity index (χ1v) is 4.87. The Hall–Kier alpha value is -0.610. The van der Waals surface area contributed by atoms with E-state index in [2.05, 4.69) is 28.2 Å². The normalized spacial score (nSPS) is 10.4. The van der Waals surface area contributed by atoms with Crippen molar-refractivity contribution < 1.29 is 19.5 Å². The molecular formula is C10H23NO3. The van der Waals surface area contributed by atoms with Crippen LogP contribution in [0.3, 0.4) is 0 Å². The predicted molar refractivity (Wildman–Crippen MR) is 54.5 cm³/mol. The van der Waals surface area contributed by atoms with Crippen LogP contribution in [0.4, 0.5) is 0 Å². The van der Waals surface area contributed by atoms with Crippen molar-refractivity contribution in [1.82, 2.24) is 0 Å². The summed E-state index contributed by atoms with van der Waals surface area (Å²) in [6, 6.07) is 0. The van der Waals surface area contributed by atoms with Crippen LogP contribution in [0.5, 0.6) is 0 Å². The van der Waals surface area contributed by atoms with Crippen LogP contribution in [0, 0.1) is 0 Å². The quantitative estimate of drug-likeness (QED) is 0.491. The maximum Gasteiger partial charge on any atom is 0.0675 e. The summed E-state index contributed by atoms with van der Waals surface area (Å²) in [6.45, 7) is 0.146. The van der Waals surface area contributed by atoms with Crippen LogP contribution < -0.4 is 5.11 Å². The monoisotopic (exact) mass is 205 g/mol. The first-order valence-electron chi connectivity index (χ1n) is 4.87. The van der Waals surface area contributed by atoms with Crippen LogP contribution in [0.25, 0.3) is 0 Å². The van der Waals surface area contributed by atoms with Gasteiger partial charge in [-0.15, -0.1) is 0 Å². The molecule has 14 heavy (non-hydrogen) atoms. The number of carbonyl (C=O) groups is 1. The van der Waals surface area contributed by atoms with Gasteiger partial charge < -0.3 is 19.5 Å². The fourth-order valence-corrected chi connectivity index (χ4v) is 0.558. The molecule has 0 aliphatic rings. The molecule has 4 nitrogen and oxygen atoms in total. The largest absolute Gasteiger partial charge is 0.550 e. The second kappa shape index (κ2) is 8.97. The molecule has 1 N–H and O–H groups in total. The molecule has 0 aromatic rings. The number of unbranched alkanes of at least 4 members (excludes halogenated alkanes) is 2. The lowest BCUT2D eigenvalue weighted by atomic mass is 10.2. The molecule has 0 saturated heterocycles. The summed E-state index contributed by atoms with van der Waals surface area (Å²) in [4.78, 5) is 9.79. The number of hydrogen-bond donors (Lipinski definition) is 1. The van der Waals surface area contributed by atoms with Crippen molar-refractivity contribution in [2.45, 2.75) is 25.7 Å².